The highest BCUT2D eigenvalue weighted by atomic mass is 35.5. The second-order valence-corrected chi connectivity index (χ2v) is 3.39. The molecule has 0 amide bonds. The first-order valence-electron chi connectivity index (χ1n) is 2.12. The van der Waals surface area contributed by atoms with Crippen molar-refractivity contribution in [2.75, 3.05) is 0 Å². The van der Waals surface area contributed by atoms with Gasteiger partial charge in [-0.05, 0) is 11.4 Å². The molecule has 1 heterocycles. The third kappa shape index (κ3) is 1.38. The Morgan fingerprint density at radius 3 is 2.50 bits per heavy atom. The van der Waals surface area contributed by atoms with Gasteiger partial charge in [0, 0.05) is 4.88 Å². The van der Waals surface area contributed by atoms with E-state index in [0.717, 1.165) is 4.88 Å². The van der Waals surface area contributed by atoms with E-state index in [1.165, 1.54) is 0 Å². The summed E-state index contributed by atoms with van der Waals surface area (Å²) in [5.74, 6) is 0. The number of hydrogen-bond acceptors (Lipinski definition) is 1. The van der Waals surface area contributed by atoms with E-state index < -0.39 is 0 Å². The van der Waals surface area contributed by atoms with E-state index in [1.54, 1.807) is 11.3 Å². The Labute approximate surface area is 62.0 Å². The highest BCUT2D eigenvalue weighted by Gasteiger charge is 2.00. The molecule has 0 aliphatic rings. The molecule has 0 saturated heterocycles. The van der Waals surface area contributed by atoms with E-state index >= 15 is 0 Å². The van der Waals surface area contributed by atoms with Crippen LogP contribution in [0, 0.1) is 0 Å². The molecular formula is C5H4Cl2S. The second kappa shape index (κ2) is 2.72. The van der Waals surface area contributed by atoms with Crippen molar-refractivity contribution in [1.82, 2.24) is 0 Å². The summed E-state index contributed by atoms with van der Waals surface area (Å²) in [6.45, 7) is 0. The Kier molecular flexibility index (Phi) is 2.17. The summed E-state index contributed by atoms with van der Waals surface area (Å²) < 4.78 is 0. The zero-order valence-electron chi connectivity index (χ0n) is 3.97. The number of alkyl halides is 2. The highest BCUT2D eigenvalue weighted by molar-refractivity contribution is 7.10. The van der Waals surface area contributed by atoms with Crippen molar-refractivity contribution >= 4 is 34.5 Å². The topological polar surface area (TPSA) is 0 Å². The molecule has 3 heteroatoms. The van der Waals surface area contributed by atoms with E-state index in [-0.39, 0.29) is 4.84 Å². The van der Waals surface area contributed by atoms with Gasteiger partial charge in [-0.25, -0.2) is 0 Å². The lowest BCUT2D eigenvalue weighted by Crippen LogP contribution is -1.67. The van der Waals surface area contributed by atoms with Crippen LogP contribution in [-0.4, -0.2) is 0 Å². The SMILES string of the molecule is ClC(Cl)c1cccs1. The number of halogens is 2. The van der Waals surface area contributed by atoms with Gasteiger partial charge in [0.05, 0.1) is 0 Å². The number of thiophene rings is 1. The molecule has 0 nitrogen and oxygen atoms in total. The highest BCUT2D eigenvalue weighted by Crippen LogP contribution is 2.27. The largest absolute Gasteiger partial charge is 0.146 e. The molecule has 44 valence electrons. The van der Waals surface area contributed by atoms with Crippen LogP contribution in [0.2, 0.25) is 0 Å². The molecule has 0 saturated carbocycles. The van der Waals surface area contributed by atoms with Gasteiger partial charge in [0.15, 0.2) is 0 Å². The molecule has 1 aromatic rings. The zero-order chi connectivity index (χ0) is 5.98. The van der Waals surface area contributed by atoms with Crippen LogP contribution in [0.1, 0.15) is 9.71 Å². The predicted octanol–water partition coefficient (Wildman–Crippen LogP) is 3.22. The Morgan fingerprint density at radius 2 is 2.25 bits per heavy atom. The van der Waals surface area contributed by atoms with E-state index in [0.29, 0.717) is 0 Å². The van der Waals surface area contributed by atoms with E-state index in [4.69, 9.17) is 23.2 Å². The molecule has 0 aliphatic heterocycles. The van der Waals surface area contributed by atoms with Gasteiger partial charge in [-0.3, -0.25) is 0 Å². The molecule has 0 aliphatic carbocycles. The molecule has 0 bridgehead atoms. The van der Waals surface area contributed by atoms with Gasteiger partial charge >= 0.3 is 0 Å². The molecule has 0 atom stereocenters. The average Bonchev–Trinajstić information content (AvgIpc) is 2.12. The van der Waals surface area contributed by atoms with Gasteiger partial charge < -0.3 is 0 Å². The van der Waals surface area contributed by atoms with E-state index in [1.807, 2.05) is 17.5 Å². The molecule has 0 unspecified atom stereocenters. The Hall–Kier alpha value is 0.280. The third-order valence-corrected chi connectivity index (χ3v) is 2.42. The van der Waals surface area contributed by atoms with Crippen LogP contribution in [0.3, 0.4) is 0 Å². The number of rotatable bonds is 1. The lowest BCUT2D eigenvalue weighted by Gasteiger charge is -1.90. The maximum atomic E-state index is 5.52. The van der Waals surface area contributed by atoms with Crippen molar-refractivity contribution in [1.29, 1.82) is 0 Å². The summed E-state index contributed by atoms with van der Waals surface area (Å²) in [4.78, 5) is 0.656. The first-order chi connectivity index (χ1) is 3.80. The summed E-state index contributed by atoms with van der Waals surface area (Å²) in [5, 5.41) is 1.95. The average molecular weight is 167 g/mol. The molecule has 0 fully saturated rings. The van der Waals surface area contributed by atoms with E-state index in [9.17, 15) is 0 Å². The summed E-state index contributed by atoms with van der Waals surface area (Å²) >= 11 is 12.6. The fourth-order valence-corrected chi connectivity index (χ4v) is 1.44. The summed E-state index contributed by atoms with van der Waals surface area (Å²) in [6, 6.07) is 3.84. The van der Waals surface area contributed by atoms with Crippen molar-refractivity contribution in [3.8, 4) is 0 Å². The van der Waals surface area contributed by atoms with Gasteiger partial charge in [0.2, 0.25) is 0 Å². The minimum atomic E-state index is -0.352. The minimum Gasteiger partial charge on any atom is -0.146 e. The van der Waals surface area contributed by atoms with Crippen LogP contribution in [0.15, 0.2) is 17.5 Å². The Bertz CT molecular complexity index is 145. The fraction of sp³-hybridized carbons (Fsp3) is 0.200. The van der Waals surface area contributed by atoms with Crippen LogP contribution >= 0.6 is 34.5 Å². The molecule has 1 rings (SSSR count). The van der Waals surface area contributed by atoms with Gasteiger partial charge in [0.1, 0.15) is 4.84 Å². The predicted molar refractivity (Wildman–Crippen MR) is 38.8 cm³/mol. The first-order valence-corrected chi connectivity index (χ1v) is 3.87. The van der Waals surface area contributed by atoms with Crippen molar-refractivity contribution in [2.45, 2.75) is 4.84 Å². The summed E-state index contributed by atoms with van der Waals surface area (Å²) in [7, 11) is 0. The van der Waals surface area contributed by atoms with Crippen molar-refractivity contribution in [2.24, 2.45) is 0 Å². The standard InChI is InChI=1S/C5H4Cl2S/c6-5(7)4-2-1-3-8-4/h1-3,5H. The molecule has 1 aromatic heterocycles. The molecular weight excluding hydrogens is 163 g/mol. The summed E-state index contributed by atoms with van der Waals surface area (Å²) in [5.41, 5.74) is 0. The molecule has 0 N–H and O–H groups in total. The van der Waals surface area contributed by atoms with Gasteiger partial charge in [-0.15, -0.1) is 11.3 Å². The maximum Gasteiger partial charge on any atom is 0.141 e. The van der Waals surface area contributed by atoms with Crippen LogP contribution < -0.4 is 0 Å². The third-order valence-electron chi connectivity index (χ3n) is 0.758. The van der Waals surface area contributed by atoms with Crippen LogP contribution in [0.25, 0.3) is 0 Å². The van der Waals surface area contributed by atoms with Crippen LogP contribution in [0.5, 0.6) is 0 Å². The molecule has 0 spiro atoms. The van der Waals surface area contributed by atoms with Crippen LogP contribution in [-0.2, 0) is 0 Å². The van der Waals surface area contributed by atoms with Crippen molar-refractivity contribution in [3.63, 3.8) is 0 Å². The monoisotopic (exact) mass is 166 g/mol. The van der Waals surface area contributed by atoms with Gasteiger partial charge in [0.25, 0.3) is 0 Å². The minimum absolute atomic E-state index is 0.352. The molecule has 0 aromatic carbocycles. The molecule has 8 heavy (non-hydrogen) atoms. The van der Waals surface area contributed by atoms with Gasteiger partial charge in [-0.1, -0.05) is 29.3 Å². The quantitative estimate of drug-likeness (QED) is 0.563. The van der Waals surface area contributed by atoms with Gasteiger partial charge in [-0.2, -0.15) is 0 Å². The fourth-order valence-electron chi connectivity index (χ4n) is 0.415. The normalized spacial score (nSPS) is 10.4. The smallest absolute Gasteiger partial charge is 0.141 e. The molecule has 0 radical (unpaired) electrons. The Balaban J connectivity index is 2.77. The van der Waals surface area contributed by atoms with Crippen molar-refractivity contribution < 1.29 is 0 Å². The number of hydrogen-bond donors (Lipinski definition) is 0. The zero-order valence-corrected chi connectivity index (χ0v) is 6.30. The lowest BCUT2D eigenvalue weighted by atomic mass is 10.5. The lowest BCUT2D eigenvalue weighted by molar-refractivity contribution is 1.46. The Morgan fingerprint density at radius 1 is 1.50 bits per heavy atom. The van der Waals surface area contributed by atoms with Crippen LogP contribution in [0.4, 0.5) is 0 Å². The van der Waals surface area contributed by atoms with E-state index in [2.05, 4.69) is 0 Å². The van der Waals surface area contributed by atoms with Crippen molar-refractivity contribution in [3.05, 3.63) is 22.4 Å². The maximum absolute atomic E-state index is 5.52. The second-order valence-electron chi connectivity index (χ2n) is 1.32. The first kappa shape index (κ1) is 6.40. The summed E-state index contributed by atoms with van der Waals surface area (Å²) in [6.07, 6.45) is 0.